The smallest absolute Gasteiger partial charge is 0.0537 e. The second-order valence-electron chi connectivity index (χ2n) is 12.5. The van der Waals surface area contributed by atoms with Gasteiger partial charge in [-0.3, -0.25) is 0 Å². The number of benzene rings is 4. The van der Waals surface area contributed by atoms with Crippen LogP contribution in [0.25, 0.3) is 33.8 Å². The highest BCUT2D eigenvalue weighted by molar-refractivity contribution is 5.94. The number of aryl methyl sites for hydroxylation is 1. The molecule has 0 N–H and O–H groups in total. The highest BCUT2D eigenvalue weighted by atomic mass is 15.1. The van der Waals surface area contributed by atoms with Crippen molar-refractivity contribution in [3.63, 3.8) is 0 Å². The first-order valence-electron chi connectivity index (χ1n) is 15.3. The fourth-order valence-electron chi connectivity index (χ4n) is 7.36. The van der Waals surface area contributed by atoms with E-state index < -0.39 is 0 Å². The first-order chi connectivity index (χ1) is 20.5. The number of para-hydroxylation sites is 1. The number of hydrogen-bond acceptors (Lipinski definition) is 1. The van der Waals surface area contributed by atoms with E-state index in [-0.39, 0.29) is 5.41 Å². The van der Waals surface area contributed by atoms with Crippen LogP contribution in [0.2, 0.25) is 0 Å². The Balaban J connectivity index is 1.25. The van der Waals surface area contributed by atoms with Crippen LogP contribution in [0.3, 0.4) is 0 Å². The minimum atomic E-state index is -0.116. The molecule has 0 spiro atoms. The zero-order chi connectivity index (χ0) is 28.4. The van der Waals surface area contributed by atoms with Gasteiger partial charge in [-0.1, -0.05) is 86.2 Å². The molecule has 2 heteroatoms. The summed E-state index contributed by atoms with van der Waals surface area (Å²) in [6, 6.07) is 32.0. The molecule has 3 aliphatic rings. The predicted octanol–water partition coefficient (Wildman–Crippen LogP) is 10.6. The molecule has 1 aromatic heterocycles. The quantitative estimate of drug-likeness (QED) is 0.218. The van der Waals surface area contributed by atoms with Gasteiger partial charge in [0.2, 0.25) is 0 Å². The fraction of sp³-hybridized carbons (Fsp3) is 0.200. The second-order valence-corrected chi connectivity index (χ2v) is 12.5. The molecule has 0 amide bonds. The summed E-state index contributed by atoms with van der Waals surface area (Å²) in [6.07, 6.45) is 15.9. The van der Waals surface area contributed by atoms with Crippen molar-refractivity contribution in [3.8, 4) is 16.8 Å². The summed E-state index contributed by atoms with van der Waals surface area (Å²) in [6.45, 7) is 6.95. The van der Waals surface area contributed by atoms with Gasteiger partial charge in [0.25, 0.3) is 0 Å². The normalized spacial score (nSPS) is 16.2. The van der Waals surface area contributed by atoms with E-state index in [1.807, 2.05) is 0 Å². The van der Waals surface area contributed by atoms with Crippen molar-refractivity contribution in [1.82, 2.24) is 4.57 Å². The summed E-state index contributed by atoms with van der Waals surface area (Å²) in [5.41, 5.74) is 15.7. The molecular formula is C40H36N2. The summed E-state index contributed by atoms with van der Waals surface area (Å²) in [5, 5.41) is 1.35. The fourth-order valence-corrected chi connectivity index (χ4v) is 7.36. The van der Waals surface area contributed by atoms with Gasteiger partial charge in [0.15, 0.2) is 0 Å². The first-order valence-corrected chi connectivity index (χ1v) is 15.3. The zero-order valence-corrected chi connectivity index (χ0v) is 24.7. The lowest BCUT2D eigenvalue weighted by Gasteiger charge is -2.29. The summed E-state index contributed by atoms with van der Waals surface area (Å²) in [5.74, 6) is 0. The maximum Gasteiger partial charge on any atom is 0.0537 e. The zero-order valence-electron chi connectivity index (χ0n) is 24.7. The Morgan fingerprint density at radius 3 is 2.26 bits per heavy atom. The summed E-state index contributed by atoms with van der Waals surface area (Å²) >= 11 is 0. The SMILES string of the molecule is Cc1ccc(N(C2=CCCC=C2)c2ccc3c(c2)C(C)(C)c2cc(-n4c5c(c6ccccc64)C=CCC5)ccc2-3)cc1. The molecule has 0 bridgehead atoms. The molecular weight excluding hydrogens is 508 g/mol. The largest absolute Gasteiger partial charge is 0.313 e. The van der Waals surface area contributed by atoms with Crippen molar-refractivity contribution in [3.05, 3.63) is 143 Å². The number of anilines is 2. The molecule has 0 saturated carbocycles. The highest BCUT2D eigenvalue weighted by Crippen LogP contribution is 2.51. The molecule has 1 heterocycles. The van der Waals surface area contributed by atoms with E-state index in [4.69, 9.17) is 0 Å². The molecule has 2 nitrogen and oxygen atoms in total. The molecule has 4 aromatic carbocycles. The number of aromatic nitrogens is 1. The number of rotatable bonds is 4. The Kier molecular flexibility index (Phi) is 5.69. The minimum Gasteiger partial charge on any atom is -0.313 e. The van der Waals surface area contributed by atoms with Crippen LogP contribution >= 0.6 is 0 Å². The Bertz CT molecular complexity index is 1960. The third-order valence-electron chi connectivity index (χ3n) is 9.53. The van der Waals surface area contributed by atoms with Gasteiger partial charge < -0.3 is 9.47 Å². The third-order valence-corrected chi connectivity index (χ3v) is 9.53. The molecule has 0 saturated heterocycles. The maximum absolute atomic E-state index is 2.51. The molecule has 0 aliphatic heterocycles. The van der Waals surface area contributed by atoms with E-state index >= 15 is 0 Å². The molecule has 5 aromatic rings. The van der Waals surface area contributed by atoms with Crippen LogP contribution in [0.5, 0.6) is 0 Å². The highest BCUT2D eigenvalue weighted by Gasteiger charge is 2.36. The Morgan fingerprint density at radius 2 is 1.45 bits per heavy atom. The molecule has 0 atom stereocenters. The summed E-state index contributed by atoms with van der Waals surface area (Å²) in [7, 11) is 0. The average molecular weight is 545 g/mol. The first kappa shape index (κ1) is 25.2. The lowest BCUT2D eigenvalue weighted by atomic mass is 9.82. The van der Waals surface area contributed by atoms with Gasteiger partial charge in [-0.2, -0.15) is 0 Å². The van der Waals surface area contributed by atoms with Gasteiger partial charge in [-0.15, -0.1) is 0 Å². The Morgan fingerprint density at radius 1 is 0.714 bits per heavy atom. The molecule has 0 unspecified atom stereocenters. The third kappa shape index (κ3) is 3.78. The molecule has 0 fully saturated rings. The number of allylic oxidation sites excluding steroid dienone is 4. The lowest BCUT2D eigenvalue weighted by molar-refractivity contribution is 0.659. The number of hydrogen-bond donors (Lipinski definition) is 0. The van der Waals surface area contributed by atoms with Crippen LogP contribution in [-0.4, -0.2) is 4.57 Å². The summed E-state index contributed by atoms with van der Waals surface area (Å²) in [4.78, 5) is 2.42. The maximum atomic E-state index is 2.51. The van der Waals surface area contributed by atoms with E-state index in [0.717, 1.165) is 25.7 Å². The van der Waals surface area contributed by atoms with Gasteiger partial charge >= 0.3 is 0 Å². The van der Waals surface area contributed by atoms with Crippen LogP contribution in [0.4, 0.5) is 11.4 Å². The Labute approximate surface area is 248 Å². The van der Waals surface area contributed by atoms with Gasteiger partial charge in [0.1, 0.15) is 0 Å². The van der Waals surface area contributed by atoms with Gasteiger partial charge in [-0.25, -0.2) is 0 Å². The van der Waals surface area contributed by atoms with E-state index in [0.29, 0.717) is 0 Å². The monoisotopic (exact) mass is 544 g/mol. The molecule has 42 heavy (non-hydrogen) atoms. The molecule has 0 radical (unpaired) electrons. The van der Waals surface area contributed by atoms with Gasteiger partial charge in [0.05, 0.1) is 5.52 Å². The van der Waals surface area contributed by atoms with Crippen LogP contribution in [0, 0.1) is 6.92 Å². The van der Waals surface area contributed by atoms with E-state index in [1.54, 1.807) is 0 Å². The van der Waals surface area contributed by atoms with Crippen LogP contribution in [0.1, 0.15) is 61.1 Å². The van der Waals surface area contributed by atoms with Crippen molar-refractivity contribution in [2.75, 3.05) is 4.90 Å². The summed E-state index contributed by atoms with van der Waals surface area (Å²) < 4.78 is 2.51. The standard InChI is InChI=1S/C40H36N2/c1-27-17-19-29(20-18-27)41(28-11-5-4-6-12-28)30-21-23-32-33-24-22-31(26-37(33)40(2,3)36(32)25-30)42-38-15-9-7-13-34(38)35-14-8-10-16-39(35)42/h5,7-9,11-15,17-26H,4,6,10,16H2,1-3H3. The molecule has 3 aliphatic carbocycles. The molecule has 8 rings (SSSR count). The van der Waals surface area contributed by atoms with Crippen molar-refractivity contribution in [2.24, 2.45) is 0 Å². The van der Waals surface area contributed by atoms with Gasteiger partial charge in [0, 0.05) is 44.8 Å². The van der Waals surface area contributed by atoms with Crippen molar-refractivity contribution >= 4 is 28.4 Å². The van der Waals surface area contributed by atoms with E-state index in [2.05, 4.69) is 146 Å². The second kappa shape index (κ2) is 9.49. The molecule has 206 valence electrons. The topological polar surface area (TPSA) is 8.17 Å². The number of nitrogens with zero attached hydrogens (tertiary/aromatic N) is 2. The van der Waals surface area contributed by atoms with E-state index in [9.17, 15) is 0 Å². The van der Waals surface area contributed by atoms with Crippen molar-refractivity contribution in [1.29, 1.82) is 0 Å². The average Bonchev–Trinajstić information content (AvgIpc) is 3.47. The van der Waals surface area contributed by atoms with E-state index in [1.165, 1.54) is 72.7 Å². The van der Waals surface area contributed by atoms with Crippen LogP contribution in [0.15, 0.2) is 115 Å². The van der Waals surface area contributed by atoms with Gasteiger partial charge in [-0.05, 0) is 103 Å². The van der Waals surface area contributed by atoms with Crippen LogP contribution in [-0.2, 0) is 11.8 Å². The number of fused-ring (bicyclic) bond motifs is 6. The van der Waals surface area contributed by atoms with Crippen molar-refractivity contribution in [2.45, 2.75) is 51.9 Å². The van der Waals surface area contributed by atoms with Crippen molar-refractivity contribution < 1.29 is 0 Å². The minimum absolute atomic E-state index is 0.116. The lowest BCUT2D eigenvalue weighted by Crippen LogP contribution is -2.19. The van der Waals surface area contributed by atoms with Crippen LogP contribution < -0.4 is 4.90 Å². The Hall–Kier alpha value is -4.56. The predicted molar refractivity (Wildman–Crippen MR) is 178 cm³/mol.